The van der Waals surface area contributed by atoms with Crippen molar-refractivity contribution in [2.24, 2.45) is 16.5 Å². The highest BCUT2D eigenvalue weighted by molar-refractivity contribution is 7.19. The quantitative estimate of drug-likeness (QED) is 0.273. The van der Waals surface area contributed by atoms with Crippen molar-refractivity contribution in [3.8, 4) is 10.6 Å². The lowest BCUT2D eigenvalue weighted by Gasteiger charge is -2.26. The summed E-state index contributed by atoms with van der Waals surface area (Å²) in [5.41, 5.74) is 18.7. The van der Waals surface area contributed by atoms with Gasteiger partial charge in [-0.2, -0.15) is 0 Å². The predicted octanol–water partition coefficient (Wildman–Crippen LogP) is 2.21. The van der Waals surface area contributed by atoms with Gasteiger partial charge in [-0.3, -0.25) is 9.79 Å². The largest absolute Gasteiger partial charge is 0.403 e. The number of aromatic nitrogens is 1. The average Bonchev–Trinajstić information content (AvgIpc) is 3.11. The summed E-state index contributed by atoms with van der Waals surface area (Å²) in [7, 11) is 3.57. The van der Waals surface area contributed by atoms with Gasteiger partial charge in [0, 0.05) is 51.6 Å². The first-order valence-electron chi connectivity index (χ1n) is 11.0. The molecule has 0 saturated carbocycles. The van der Waals surface area contributed by atoms with Gasteiger partial charge in [-0.15, -0.1) is 0 Å². The zero-order chi connectivity index (χ0) is 25.1. The Morgan fingerprint density at radius 3 is 2.65 bits per heavy atom. The Labute approximate surface area is 203 Å². The number of amidine groups is 1. The maximum atomic E-state index is 13.4. The smallest absolute Gasteiger partial charge is 0.171 e. The summed E-state index contributed by atoms with van der Waals surface area (Å²) in [6.07, 6.45) is 4.04. The minimum atomic E-state index is -0.372. The van der Waals surface area contributed by atoms with Gasteiger partial charge in [0.1, 0.15) is 27.4 Å². The first kappa shape index (κ1) is 27.2. The highest BCUT2D eigenvalue weighted by Gasteiger charge is 2.25. The van der Waals surface area contributed by atoms with Gasteiger partial charge in [0.05, 0.1) is 11.8 Å². The molecule has 1 aliphatic rings. The molecule has 0 amide bonds. The molecule has 2 unspecified atom stereocenters. The van der Waals surface area contributed by atoms with Gasteiger partial charge >= 0.3 is 0 Å². The van der Waals surface area contributed by atoms with Crippen molar-refractivity contribution in [1.82, 2.24) is 15.2 Å². The Bertz CT molecular complexity index is 995. The molecule has 186 valence electrons. The summed E-state index contributed by atoms with van der Waals surface area (Å²) in [5, 5.41) is 3.82. The number of halogens is 1. The fourth-order valence-corrected chi connectivity index (χ4v) is 4.38. The van der Waals surface area contributed by atoms with Gasteiger partial charge < -0.3 is 32.2 Å². The number of methoxy groups -OCH3 is 1. The first-order valence-corrected chi connectivity index (χ1v) is 11.9. The number of nitrogen functional groups attached to an aromatic ring is 1. The number of rotatable bonds is 6. The molecule has 1 fully saturated rings. The molecule has 1 aliphatic heterocycles. The third kappa shape index (κ3) is 6.99. The number of aldehydes is 1. The lowest BCUT2D eigenvalue weighted by molar-refractivity contribution is 0.0769. The minimum absolute atomic E-state index is 0.0813. The van der Waals surface area contributed by atoms with Crippen LogP contribution in [0.25, 0.3) is 10.6 Å². The number of thiazole rings is 1. The normalized spacial score (nSPS) is 19.1. The third-order valence-corrected chi connectivity index (χ3v) is 6.31. The molecule has 34 heavy (non-hydrogen) atoms. The van der Waals surface area contributed by atoms with Crippen LogP contribution in [0.2, 0.25) is 0 Å². The van der Waals surface area contributed by atoms with Crippen LogP contribution in [0.4, 0.5) is 9.39 Å². The van der Waals surface area contributed by atoms with E-state index in [4.69, 9.17) is 21.9 Å². The van der Waals surface area contributed by atoms with Crippen LogP contribution >= 0.6 is 11.3 Å². The van der Waals surface area contributed by atoms with Gasteiger partial charge in [-0.1, -0.05) is 23.5 Å². The lowest BCUT2D eigenvalue weighted by atomic mass is 10.1. The van der Waals surface area contributed by atoms with Crippen LogP contribution in [0.15, 0.2) is 41.2 Å². The van der Waals surface area contributed by atoms with Crippen LogP contribution < -0.4 is 22.5 Å². The van der Waals surface area contributed by atoms with E-state index < -0.39 is 0 Å². The van der Waals surface area contributed by atoms with Gasteiger partial charge in [0.15, 0.2) is 6.29 Å². The summed E-state index contributed by atoms with van der Waals surface area (Å²) in [4.78, 5) is 21.3. The number of anilines is 1. The second kappa shape index (κ2) is 13.6. The van der Waals surface area contributed by atoms with E-state index in [0.717, 1.165) is 55.3 Å². The molecule has 1 aromatic heterocycles. The molecule has 0 aliphatic carbocycles. The standard InChI is InChI=1S/C13H27N5O.C10H7FN2OS/c1-4-17-13(11(9-14)16-2)18-7-5-10(15)12(19-3)6-8-18;11-7-4-2-1-3-6(7)10-13-8(5-14)9(12)15-10/h9-10,12,16H,4-8,14-15H2,1-3H3;1-5H,12H2/b11-9+,17-13?;. The van der Waals surface area contributed by atoms with E-state index in [-0.39, 0.29) is 23.7 Å². The molecule has 1 saturated heterocycles. The number of aliphatic imine (C=N–C) groups is 1. The summed E-state index contributed by atoms with van der Waals surface area (Å²) in [5.74, 6) is 0.542. The van der Waals surface area contributed by atoms with E-state index in [1.54, 1.807) is 31.5 Å². The molecular weight excluding hydrogens is 457 g/mol. The molecule has 2 atom stereocenters. The predicted molar refractivity (Wildman–Crippen MR) is 136 cm³/mol. The fourth-order valence-electron chi connectivity index (χ4n) is 3.56. The molecule has 7 N–H and O–H groups in total. The van der Waals surface area contributed by atoms with Crippen LogP contribution in [0.1, 0.15) is 30.3 Å². The zero-order valence-electron chi connectivity index (χ0n) is 19.8. The number of nitrogens with two attached hydrogens (primary N) is 3. The van der Waals surface area contributed by atoms with Crippen molar-refractivity contribution in [2.45, 2.75) is 31.9 Å². The Morgan fingerprint density at radius 2 is 2.09 bits per heavy atom. The average molecular weight is 492 g/mol. The van der Waals surface area contributed by atoms with E-state index in [0.29, 0.717) is 21.9 Å². The van der Waals surface area contributed by atoms with Crippen LogP contribution in [0.3, 0.4) is 0 Å². The number of hydrogen-bond acceptors (Lipinski definition) is 9. The molecule has 0 radical (unpaired) electrons. The van der Waals surface area contributed by atoms with Crippen molar-refractivity contribution >= 4 is 28.5 Å². The Hall–Kier alpha value is -3.02. The maximum absolute atomic E-state index is 13.4. The van der Waals surface area contributed by atoms with Crippen LogP contribution in [0, 0.1) is 5.82 Å². The number of likely N-dealkylation sites (tertiary alicyclic amines) is 1. The highest BCUT2D eigenvalue weighted by Crippen LogP contribution is 2.30. The molecule has 9 nitrogen and oxygen atoms in total. The monoisotopic (exact) mass is 491 g/mol. The van der Waals surface area contributed by atoms with Gasteiger partial charge in [0.25, 0.3) is 0 Å². The van der Waals surface area contributed by atoms with Crippen LogP contribution in [-0.2, 0) is 4.74 Å². The number of carbonyl (C=O) groups is 1. The van der Waals surface area contributed by atoms with Crippen LogP contribution in [-0.4, -0.2) is 67.9 Å². The summed E-state index contributed by atoms with van der Waals surface area (Å²) < 4.78 is 18.8. The van der Waals surface area contributed by atoms with Gasteiger partial charge in [-0.05, 0) is 31.9 Å². The molecule has 0 spiro atoms. The van der Waals surface area contributed by atoms with Crippen molar-refractivity contribution in [3.05, 3.63) is 47.7 Å². The number of benzene rings is 1. The SMILES string of the molecule is CCN=C(/C(=C\N)NC)N1CCC(N)C(OC)CC1.Nc1sc(-c2ccccc2F)nc1C=O. The Morgan fingerprint density at radius 1 is 1.38 bits per heavy atom. The molecular formula is C23H34FN7O2S. The number of hydrogen-bond donors (Lipinski definition) is 4. The second-order valence-electron chi connectivity index (χ2n) is 7.50. The fraction of sp³-hybridized carbons (Fsp3) is 0.435. The molecule has 3 rings (SSSR count). The van der Waals surface area contributed by atoms with E-state index >= 15 is 0 Å². The lowest BCUT2D eigenvalue weighted by Crippen LogP contribution is -2.37. The number of likely N-dealkylation sites (N-methyl/N-ethyl adjacent to an activating group) is 1. The maximum Gasteiger partial charge on any atom is 0.171 e. The second-order valence-corrected chi connectivity index (χ2v) is 8.53. The third-order valence-electron chi connectivity index (χ3n) is 5.38. The number of nitrogens with one attached hydrogen (secondary N) is 1. The number of nitrogens with zero attached hydrogens (tertiary/aromatic N) is 3. The van der Waals surface area contributed by atoms with Crippen molar-refractivity contribution in [3.63, 3.8) is 0 Å². The molecule has 2 aromatic rings. The molecule has 11 heteroatoms. The van der Waals surface area contributed by atoms with Crippen LogP contribution in [0.5, 0.6) is 0 Å². The highest BCUT2D eigenvalue weighted by atomic mass is 32.1. The van der Waals surface area contributed by atoms with Crippen molar-refractivity contribution in [1.29, 1.82) is 0 Å². The molecule has 0 bridgehead atoms. The molecule has 1 aromatic carbocycles. The molecule has 2 heterocycles. The summed E-state index contributed by atoms with van der Waals surface area (Å²) >= 11 is 1.10. The van der Waals surface area contributed by atoms with Gasteiger partial charge in [-0.25, -0.2) is 9.37 Å². The van der Waals surface area contributed by atoms with E-state index in [9.17, 15) is 9.18 Å². The number of carbonyl (C=O) groups excluding carboxylic acids is 1. The van der Waals surface area contributed by atoms with Crippen molar-refractivity contribution in [2.75, 3.05) is 39.5 Å². The van der Waals surface area contributed by atoms with E-state index in [1.165, 1.54) is 6.07 Å². The van der Waals surface area contributed by atoms with Crippen molar-refractivity contribution < 1.29 is 13.9 Å². The number of ether oxygens (including phenoxy) is 1. The Kier molecular flexibility index (Phi) is 10.9. The topological polar surface area (TPSA) is 145 Å². The first-order chi connectivity index (χ1) is 16.4. The zero-order valence-corrected chi connectivity index (χ0v) is 20.6. The van der Waals surface area contributed by atoms with E-state index in [1.807, 2.05) is 14.0 Å². The Balaban J connectivity index is 0.000000246. The van der Waals surface area contributed by atoms with Gasteiger partial charge in [0.2, 0.25) is 0 Å². The van der Waals surface area contributed by atoms with E-state index in [2.05, 4.69) is 20.2 Å². The summed E-state index contributed by atoms with van der Waals surface area (Å²) in [6.45, 7) is 4.50. The summed E-state index contributed by atoms with van der Waals surface area (Å²) in [6, 6.07) is 6.32. The minimum Gasteiger partial charge on any atom is -0.403 e.